The van der Waals surface area contributed by atoms with Crippen molar-refractivity contribution in [1.82, 2.24) is 10.2 Å². The Bertz CT molecular complexity index is 970. The molecule has 22 heavy (non-hydrogen) atoms. The molecule has 0 radical (unpaired) electrons. The minimum absolute atomic E-state index is 0.123. The number of nitriles is 1. The van der Waals surface area contributed by atoms with Crippen LogP contribution in [0.3, 0.4) is 0 Å². The highest BCUT2D eigenvalue weighted by Crippen LogP contribution is 2.15. The van der Waals surface area contributed by atoms with Crippen molar-refractivity contribution in [2.45, 2.75) is 0 Å². The maximum atomic E-state index is 12.4. The molecule has 1 heterocycles. The van der Waals surface area contributed by atoms with E-state index in [0.717, 1.165) is 0 Å². The van der Waals surface area contributed by atoms with Crippen molar-refractivity contribution in [3.8, 4) is 6.07 Å². The summed E-state index contributed by atoms with van der Waals surface area (Å²) in [6, 6.07) is 15.3. The van der Waals surface area contributed by atoms with Gasteiger partial charge in [-0.05, 0) is 24.3 Å². The van der Waals surface area contributed by atoms with Crippen LogP contribution in [0.5, 0.6) is 0 Å². The van der Waals surface area contributed by atoms with E-state index < -0.39 is 5.91 Å². The lowest BCUT2D eigenvalue weighted by atomic mass is 10.1. The lowest BCUT2D eigenvalue weighted by molar-refractivity contribution is 0.102. The second-order valence-corrected chi connectivity index (χ2v) is 4.59. The Morgan fingerprint density at radius 1 is 1.14 bits per heavy atom. The molecule has 0 fully saturated rings. The Hall–Kier alpha value is -3.46. The highest BCUT2D eigenvalue weighted by molar-refractivity contribution is 6.11. The van der Waals surface area contributed by atoms with E-state index in [1.54, 1.807) is 48.5 Å². The number of aromatic nitrogens is 2. The zero-order valence-electron chi connectivity index (χ0n) is 11.3. The van der Waals surface area contributed by atoms with E-state index in [1.807, 2.05) is 6.07 Å². The Labute approximate surface area is 125 Å². The van der Waals surface area contributed by atoms with Gasteiger partial charge in [0.05, 0.1) is 17.0 Å². The summed E-state index contributed by atoms with van der Waals surface area (Å²) in [5, 5.41) is 18.6. The van der Waals surface area contributed by atoms with Gasteiger partial charge in [-0.15, -0.1) is 0 Å². The first-order valence-electron chi connectivity index (χ1n) is 6.48. The summed E-state index contributed by atoms with van der Waals surface area (Å²) >= 11 is 0. The summed E-state index contributed by atoms with van der Waals surface area (Å²) in [5.74, 6) is -0.456. The van der Waals surface area contributed by atoms with E-state index in [2.05, 4.69) is 15.5 Å². The zero-order valence-corrected chi connectivity index (χ0v) is 11.3. The topological polar surface area (TPSA) is 98.6 Å². The normalized spacial score (nSPS) is 10.1. The van der Waals surface area contributed by atoms with E-state index >= 15 is 0 Å². The molecule has 6 nitrogen and oxygen atoms in total. The third-order valence-electron chi connectivity index (χ3n) is 3.16. The van der Waals surface area contributed by atoms with Gasteiger partial charge in [0.1, 0.15) is 0 Å². The molecule has 0 saturated heterocycles. The SMILES string of the molecule is N#Cc1cccc(NC(=O)c2n[nH]c(=O)c3ccccc23)c1. The Morgan fingerprint density at radius 2 is 1.91 bits per heavy atom. The van der Waals surface area contributed by atoms with Crippen molar-refractivity contribution in [2.24, 2.45) is 0 Å². The van der Waals surface area contributed by atoms with Crippen LogP contribution in [0.4, 0.5) is 5.69 Å². The van der Waals surface area contributed by atoms with Crippen molar-refractivity contribution in [1.29, 1.82) is 5.26 Å². The zero-order chi connectivity index (χ0) is 15.5. The maximum Gasteiger partial charge on any atom is 0.276 e. The number of aromatic amines is 1. The number of nitrogens with one attached hydrogen (secondary N) is 2. The third kappa shape index (κ3) is 2.43. The molecule has 1 amide bonds. The fourth-order valence-corrected chi connectivity index (χ4v) is 2.14. The first-order valence-corrected chi connectivity index (χ1v) is 6.48. The van der Waals surface area contributed by atoms with Crippen molar-refractivity contribution in [3.63, 3.8) is 0 Å². The quantitative estimate of drug-likeness (QED) is 0.754. The van der Waals surface area contributed by atoms with Crippen LogP contribution in [0.25, 0.3) is 10.8 Å². The molecule has 0 aliphatic carbocycles. The van der Waals surface area contributed by atoms with Crippen LogP contribution in [-0.4, -0.2) is 16.1 Å². The molecule has 106 valence electrons. The second-order valence-electron chi connectivity index (χ2n) is 4.59. The summed E-state index contributed by atoms with van der Waals surface area (Å²) in [6.07, 6.45) is 0. The number of rotatable bonds is 2. The van der Waals surface area contributed by atoms with Crippen LogP contribution in [0.1, 0.15) is 16.1 Å². The number of fused-ring (bicyclic) bond motifs is 1. The lowest BCUT2D eigenvalue weighted by Gasteiger charge is -2.06. The van der Waals surface area contributed by atoms with Crippen LogP contribution in [0, 0.1) is 11.3 Å². The molecule has 6 heteroatoms. The Kier molecular flexibility index (Phi) is 3.38. The van der Waals surface area contributed by atoms with Gasteiger partial charge in [-0.25, -0.2) is 5.10 Å². The van der Waals surface area contributed by atoms with Crippen molar-refractivity contribution < 1.29 is 4.79 Å². The third-order valence-corrected chi connectivity index (χ3v) is 3.16. The van der Waals surface area contributed by atoms with Crippen LogP contribution in [-0.2, 0) is 0 Å². The molecule has 0 saturated carbocycles. The largest absolute Gasteiger partial charge is 0.321 e. The van der Waals surface area contributed by atoms with Gasteiger partial charge in [0.25, 0.3) is 11.5 Å². The standard InChI is InChI=1S/C16H10N4O2/c17-9-10-4-3-5-11(8-10)18-16(22)14-12-6-1-2-7-13(12)15(21)20-19-14/h1-8H,(H,18,22)(H,20,21). The summed E-state index contributed by atoms with van der Waals surface area (Å²) in [4.78, 5) is 24.1. The fourth-order valence-electron chi connectivity index (χ4n) is 2.14. The molecule has 2 aromatic carbocycles. The number of benzene rings is 2. The summed E-state index contributed by atoms with van der Waals surface area (Å²) in [7, 11) is 0. The number of H-pyrrole nitrogens is 1. The monoisotopic (exact) mass is 290 g/mol. The number of anilines is 1. The van der Waals surface area contributed by atoms with Gasteiger partial charge in [-0.1, -0.05) is 24.3 Å². The molecule has 3 aromatic rings. The number of hydrogen-bond donors (Lipinski definition) is 2. The molecular weight excluding hydrogens is 280 g/mol. The van der Waals surface area contributed by atoms with Gasteiger partial charge < -0.3 is 5.32 Å². The molecule has 0 aliphatic rings. The maximum absolute atomic E-state index is 12.4. The molecule has 0 atom stereocenters. The van der Waals surface area contributed by atoms with Gasteiger partial charge in [0, 0.05) is 11.1 Å². The number of nitrogens with zero attached hydrogens (tertiary/aromatic N) is 2. The highest BCUT2D eigenvalue weighted by atomic mass is 16.2. The van der Waals surface area contributed by atoms with E-state index in [0.29, 0.717) is 22.0 Å². The molecule has 0 bridgehead atoms. The number of carbonyl (C=O) groups is 1. The van der Waals surface area contributed by atoms with Gasteiger partial charge in [-0.3, -0.25) is 9.59 Å². The van der Waals surface area contributed by atoms with Crippen LogP contribution in [0.15, 0.2) is 53.3 Å². The minimum Gasteiger partial charge on any atom is -0.321 e. The molecule has 0 aliphatic heterocycles. The molecule has 2 N–H and O–H groups in total. The average molecular weight is 290 g/mol. The molecule has 0 spiro atoms. The molecule has 1 aromatic heterocycles. The van der Waals surface area contributed by atoms with E-state index in [9.17, 15) is 9.59 Å². The predicted octanol–water partition coefficient (Wildman–Crippen LogP) is 2.05. The van der Waals surface area contributed by atoms with Crippen LogP contribution < -0.4 is 10.9 Å². The second kappa shape index (κ2) is 5.50. The lowest BCUT2D eigenvalue weighted by Crippen LogP contribution is -2.19. The van der Waals surface area contributed by atoms with Crippen molar-refractivity contribution in [2.75, 3.05) is 5.32 Å². The number of amides is 1. The van der Waals surface area contributed by atoms with Gasteiger partial charge >= 0.3 is 0 Å². The number of hydrogen-bond acceptors (Lipinski definition) is 4. The smallest absolute Gasteiger partial charge is 0.276 e. The van der Waals surface area contributed by atoms with Gasteiger partial charge in [0.2, 0.25) is 0 Å². The van der Waals surface area contributed by atoms with Gasteiger partial charge in [0.15, 0.2) is 5.69 Å². The molecular formula is C16H10N4O2. The predicted molar refractivity (Wildman–Crippen MR) is 81.5 cm³/mol. The molecule has 3 rings (SSSR count). The Morgan fingerprint density at radius 3 is 2.68 bits per heavy atom. The fraction of sp³-hybridized carbons (Fsp3) is 0. The first kappa shape index (κ1) is 13.5. The van der Waals surface area contributed by atoms with E-state index in [1.165, 1.54) is 0 Å². The van der Waals surface area contributed by atoms with Crippen molar-refractivity contribution >= 4 is 22.4 Å². The van der Waals surface area contributed by atoms with Crippen LogP contribution in [0.2, 0.25) is 0 Å². The van der Waals surface area contributed by atoms with Crippen molar-refractivity contribution in [3.05, 3.63) is 70.1 Å². The van der Waals surface area contributed by atoms with E-state index in [4.69, 9.17) is 5.26 Å². The number of carbonyl (C=O) groups excluding carboxylic acids is 1. The van der Waals surface area contributed by atoms with E-state index in [-0.39, 0.29) is 11.3 Å². The van der Waals surface area contributed by atoms with Gasteiger partial charge in [-0.2, -0.15) is 10.4 Å². The molecule has 0 unspecified atom stereocenters. The summed E-state index contributed by atoms with van der Waals surface area (Å²) < 4.78 is 0. The van der Waals surface area contributed by atoms with Crippen LogP contribution >= 0.6 is 0 Å². The summed E-state index contributed by atoms with van der Waals surface area (Å²) in [5.41, 5.74) is 0.703. The average Bonchev–Trinajstić information content (AvgIpc) is 2.55. The Balaban J connectivity index is 2.01. The first-order chi connectivity index (χ1) is 10.7. The minimum atomic E-state index is -0.456. The highest BCUT2D eigenvalue weighted by Gasteiger charge is 2.14. The summed E-state index contributed by atoms with van der Waals surface area (Å²) in [6.45, 7) is 0.